The number of rotatable bonds is 2. The zero-order chi connectivity index (χ0) is 17.4. The Morgan fingerprint density at radius 1 is 1.00 bits per heavy atom. The van der Waals surface area contributed by atoms with E-state index in [4.69, 9.17) is 12.2 Å². The number of thiocarbonyl (C=S) groups is 1. The van der Waals surface area contributed by atoms with E-state index in [1.807, 2.05) is 37.4 Å². The van der Waals surface area contributed by atoms with Crippen LogP contribution in [0.3, 0.4) is 0 Å². The lowest BCUT2D eigenvalue weighted by atomic mass is 10.1. The van der Waals surface area contributed by atoms with E-state index >= 15 is 0 Å². The Hall–Kier alpha value is -2.99. The molecule has 0 atom stereocenters. The van der Waals surface area contributed by atoms with Gasteiger partial charge < -0.3 is 15.6 Å². The normalized spacial score (nSPS) is 11.0. The third-order valence-electron chi connectivity index (χ3n) is 4.07. The number of hydrogen-bond donors (Lipinski definition) is 3. The van der Waals surface area contributed by atoms with Gasteiger partial charge in [-0.25, -0.2) is 4.39 Å². The van der Waals surface area contributed by atoms with Crippen molar-refractivity contribution in [1.29, 1.82) is 0 Å². The fourth-order valence-corrected chi connectivity index (χ4v) is 3.10. The summed E-state index contributed by atoms with van der Waals surface area (Å²) in [5.74, 6) is -0.279. The minimum Gasteiger partial charge on any atom is -0.353 e. The first-order valence-corrected chi connectivity index (χ1v) is 8.21. The summed E-state index contributed by atoms with van der Waals surface area (Å²) in [5.41, 5.74) is 4.67. The van der Waals surface area contributed by atoms with Gasteiger partial charge in [0.15, 0.2) is 5.11 Å². The lowest BCUT2D eigenvalue weighted by molar-refractivity contribution is 0.628. The second-order valence-electron chi connectivity index (χ2n) is 5.79. The molecule has 4 rings (SSSR count). The van der Waals surface area contributed by atoms with Gasteiger partial charge in [0.1, 0.15) is 5.82 Å². The first kappa shape index (κ1) is 15.5. The number of hydrogen-bond acceptors (Lipinski definition) is 2. The van der Waals surface area contributed by atoms with Crippen molar-refractivity contribution in [1.82, 2.24) is 9.97 Å². The third kappa shape index (κ3) is 3.04. The van der Waals surface area contributed by atoms with Gasteiger partial charge in [0, 0.05) is 33.9 Å². The molecule has 0 saturated heterocycles. The molecule has 0 unspecified atom stereocenters. The number of fused-ring (bicyclic) bond motifs is 3. The van der Waals surface area contributed by atoms with Gasteiger partial charge in [0.05, 0.1) is 11.2 Å². The van der Waals surface area contributed by atoms with Gasteiger partial charge in [0.25, 0.3) is 0 Å². The second kappa shape index (κ2) is 6.14. The summed E-state index contributed by atoms with van der Waals surface area (Å²) in [4.78, 5) is 7.72. The molecule has 2 heterocycles. The number of nitrogens with zero attached hydrogens (tertiary/aromatic N) is 1. The second-order valence-corrected chi connectivity index (χ2v) is 6.20. The van der Waals surface area contributed by atoms with E-state index < -0.39 is 0 Å². The Kier molecular flexibility index (Phi) is 3.82. The summed E-state index contributed by atoms with van der Waals surface area (Å²) < 4.78 is 13.0. The van der Waals surface area contributed by atoms with Crippen molar-refractivity contribution in [2.45, 2.75) is 6.92 Å². The monoisotopic (exact) mass is 350 g/mol. The van der Waals surface area contributed by atoms with E-state index in [0.717, 1.165) is 38.9 Å². The van der Waals surface area contributed by atoms with Crippen LogP contribution in [0, 0.1) is 12.7 Å². The maximum absolute atomic E-state index is 13.0. The van der Waals surface area contributed by atoms with Crippen LogP contribution in [0.2, 0.25) is 0 Å². The van der Waals surface area contributed by atoms with Crippen molar-refractivity contribution in [2.75, 3.05) is 10.6 Å². The number of H-pyrrole nitrogens is 1. The molecule has 0 aliphatic rings. The highest BCUT2D eigenvalue weighted by atomic mass is 32.1. The predicted molar refractivity (Wildman–Crippen MR) is 105 cm³/mol. The van der Waals surface area contributed by atoms with Crippen molar-refractivity contribution in [2.24, 2.45) is 0 Å². The number of benzene rings is 2. The van der Waals surface area contributed by atoms with Crippen LogP contribution in [0.1, 0.15) is 5.69 Å². The highest BCUT2D eigenvalue weighted by Gasteiger charge is 2.08. The Morgan fingerprint density at radius 2 is 1.72 bits per heavy atom. The number of aryl methyl sites for hydroxylation is 1. The summed E-state index contributed by atoms with van der Waals surface area (Å²) in [5, 5.41) is 8.89. The standard InChI is InChI=1S/C19H15FN4S/c1-11-18-15(8-9-21-11)16-10-14(6-7-17(16)24-18)23-19(25)22-13-4-2-12(20)3-5-13/h2-10,24H,1H3,(H2,22,23,25). The Balaban J connectivity index is 1.61. The zero-order valence-corrected chi connectivity index (χ0v) is 14.2. The zero-order valence-electron chi connectivity index (χ0n) is 13.4. The van der Waals surface area contributed by atoms with Gasteiger partial charge in [-0.15, -0.1) is 0 Å². The van der Waals surface area contributed by atoms with Crippen LogP contribution in [-0.2, 0) is 0 Å². The van der Waals surface area contributed by atoms with Crippen molar-refractivity contribution in [3.05, 3.63) is 66.2 Å². The summed E-state index contributed by atoms with van der Waals surface area (Å²) in [6.45, 7) is 1.98. The van der Waals surface area contributed by atoms with E-state index in [1.54, 1.807) is 12.1 Å². The van der Waals surface area contributed by atoms with E-state index in [1.165, 1.54) is 12.1 Å². The molecule has 0 aliphatic heterocycles. The molecule has 0 bridgehead atoms. The summed E-state index contributed by atoms with van der Waals surface area (Å²) in [6, 6.07) is 14.1. The first-order chi connectivity index (χ1) is 12.1. The largest absolute Gasteiger partial charge is 0.353 e. The fraction of sp³-hybridized carbons (Fsp3) is 0.0526. The molecule has 124 valence electrons. The van der Waals surface area contributed by atoms with Crippen LogP contribution >= 0.6 is 12.2 Å². The van der Waals surface area contributed by atoms with Crippen molar-refractivity contribution in [3.8, 4) is 0 Å². The van der Waals surface area contributed by atoms with Gasteiger partial charge in [-0.05, 0) is 67.7 Å². The molecule has 0 amide bonds. The van der Waals surface area contributed by atoms with Crippen LogP contribution in [0.5, 0.6) is 0 Å². The van der Waals surface area contributed by atoms with Crippen molar-refractivity contribution in [3.63, 3.8) is 0 Å². The number of anilines is 2. The SMILES string of the molecule is Cc1nccc2c1[nH]c1ccc(NC(=S)Nc3ccc(F)cc3)cc12. The van der Waals surface area contributed by atoms with Crippen molar-refractivity contribution >= 4 is 50.5 Å². The molecule has 0 radical (unpaired) electrons. The van der Waals surface area contributed by atoms with Crippen LogP contribution in [-0.4, -0.2) is 15.1 Å². The molecule has 6 heteroatoms. The Bertz CT molecular complexity index is 1090. The number of nitrogens with one attached hydrogen (secondary N) is 3. The molecule has 0 aliphatic carbocycles. The van der Waals surface area contributed by atoms with Gasteiger partial charge in [0.2, 0.25) is 0 Å². The van der Waals surface area contributed by atoms with Crippen LogP contribution in [0.15, 0.2) is 54.7 Å². The summed E-state index contributed by atoms with van der Waals surface area (Å²) in [6.07, 6.45) is 1.81. The molecular formula is C19H15FN4S. The minimum atomic E-state index is -0.279. The third-order valence-corrected chi connectivity index (χ3v) is 4.27. The van der Waals surface area contributed by atoms with Crippen LogP contribution in [0.4, 0.5) is 15.8 Å². The molecule has 3 N–H and O–H groups in total. The van der Waals surface area contributed by atoms with E-state index in [0.29, 0.717) is 5.11 Å². The molecule has 0 fully saturated rings. The lowest BCUT2D eigenvalue weighted by Gasteiger charge is -2.10. The number of aromatic amines is 1. The molecule has 0 saturated carbocycles. The molecule has 4 aromatic rings. The van der Waals surface area contributed by atoms with E-state index in [9.17, 15) is 4.39 Å². The maximum atomic E-state index is 13.0. The number of aromatic nitrogens is 2. The molecule has 25 heavy (non-hydrogen) atoms. The van der Waals surface area contributed by atoms with Crippen LogP contribution in [0.25, 0.3) is 21.8 Å². The molecule has 2 aromatic heterocycles. The summed E-state index contributed by atoms with van der Waals surface area (Å²) in [7, 11) is 0. The van der Waals surface area contributed by atoms with Gasteiger partial charge in [-0.1, -0.05) is 0 Å². The molecular weight excluding hydrogens is 335 g/mol. The van der Waals surface area contributed by atoms with Gasteiger partial charge in [-0.2, -0.15) is 0 Å². The number of halogens is 1. The Morgan fingerprint density at radius 3 is 2.52 bits per heavy atom. The lowest BCUT2D eigenvalue weighted by Crippen LogP contribution is -2.18. The fourth-order valence-electron chi connectivity index (χ4n) is 2.86. The predicted octanol–water partition coefficient (Wildman–Crippen LogP) is 4.97. The topological polar surface area (TPSA) is 52.7 Å². The highest BCUT2D eigenvalue weighted by molar-refractivity contribution is 7.80. The molecule has 2 aromatic carbocycles. The minimum absolute atomic E-state index is 0.279. The Labute approximate surface area is 149 Å². The smallest absolute Gasteiger partial charge is 0.175 e. The average Bonchev–Trinajstić information content (AvgIpc) is 2.97. The first-order valence-electron chi connectivity index (χ1n) is 7.81. The van der Waals surface area contributed by atoms with E-state index in [-0.39, 0.29) is 5.82 Å². The molecule has 4 nitrogen and oxygen atoms in total. The maximum Gasteiger partial charge on any atom is 0.175 e. The van der Waals surface area contributed by atoms with E-state index in [2.05, 4.69) is 20.6 Å². The molecule has 0 spiro atoms. The average molecular weight is 350 g/mol. The summed E-state index contributed by atoms with van der Waals surface area (Å²) >= 11 is 5.34. The van der Waals surface area contributed by atoms with Gasteiger partial charge in [-0.3, -0.25) is 4.98 Å². The quantitative estimate of drug-likeness (QED) is 0.447. The van der Waals surface area contributed by atoms with Gasteiger partial charge >= 0.3 is 0 Å². The van der Waals surface area contributed by atoms with Crippen molar-refractivity contribution < 1.29 is 4.39 Å². The van der Waals surface area contributed by atoms with Crippen LogP contribution < -0.4 is 10.6 Å². The number of pyridine rings is 1. The highest BCUT2D eigenvalue weighted by Crippen LogP contribution is 2.28.